The standard InChI is InChI=1S/C6H7N3O3S/c10-2-1-5-7-3-6(9(11)12)8(5)4-13/h1-3,10,13H,4H2/b2-1+. The Morgan fingerprint density at radius 3 is 3.00 bits per heavy atom. The van der Waals surface area contributed by atoms with Crippen molar-refractivity contribution in [3.8, 4) is 0 Å². The Morgan fingerprint density at radius 1 is 1.85 bits per heavy atom. The van der Waals surface area contributed by atoms with Gasteiger partial charge in [0.25, 0.3) is 0 Å². The highest BCUT2D eigenvalue weighted by Gasteiger charge is 2.16. The van der Waals surface area contributed by atoms with E-state index < -0.39 is 4.92 Å². The van der Waals surface area contributed by atoms with E-state index in [0.717, 1.165) is 12.5 Å². The third-order valence-corrected chi connectivity index (χ3v) is 1.70. The van der Waals surface area contributed by atoms with Crippen LogP contribution in [0.2, 0.25) is 0 Å². The number of rotatable bonds is 3. The van der Waals surface area contributed by atoms with E-state index in [1.807, 2.05) is 0 Å². The van der Waals surface area contributed by atoms with Gasteiger partial charge in [0.2, 0.25) is 5.82 Å². The summed E-state index contributed by atoms with van der Waals surface area (Å²) in [7, 11) is 0. The molecule has 1 heterocycles. The summed E-state index contributed by atoms with van der Waals surface area (Å²) in [6, 6.07) is 0. The maximum Gasteiger partial charge on any atom is 0.343 e. The van der Waals surface area contributed by atoms with E-state index in [0.29, 0.717) is 5.82 Å². The Labute approximate surface area is 79.1 Å². The second-order valence-corrected chi connectivity index (χ2v) is 2.40. The molecule has 7 heteroatoms. The highest BCUT2D eigenvalue weighted by Crippen LogP contribution is 2.15. The van der Waals surface area contributed by atoms with Crippen LogP contribution in [0.4, 0.5) is 5.82 Å². The first-order chi connectivity index (χ1) is 6.20. The predicted molar refractivity (Wildman–Crippen MR) is 49.5 cm³/mol. The summed E-state index contributed by atoms with van der Waals surface area (Å²) in [5, 5.41) is 18.9. The normalized spacial score (nSPS) is 10.8. The molecule has 70 valence electrons. The molecule has 1 aromatic heterocycles. The number of nitrogens with zero attached hydrogens (tertiary/aromatic N) is 3. The summed E-state index contributed by atoms with van der Waals surface area (Å²) in [4.78, 5) is 13.6. The first-order valence-corrected chi connectivity index (χ1v) is 3.95. The summed E-state index contributed by atoms with van der Waals surface area (Å²) < 4.78 is 1.26. The molecule has 0 radical (unpaired) electrons. The molecular weight excluding hydrogens is 194 g/mol. The minimum absolute atomic E-state index is 0.135. The number of aliphatic hydroxyl groups excluding tert-OH is 1. The first-order valence-electron chi connectivity index (χ1n) is 3.32. The molecule has 0 aliphatic heterocycles. The number of aromatic nitrogens is 2. The molecule has 0 saturated heterocycles. The molecule has 0 saturated carbocycles. The van der Waals surface area contributed by atoms with Crippen molar-refractivity contribution in [3.05, 3.63) is 28.4 Å². The van der Waals surface area contributed by atoms with Gasteiger partial charge in [-0.1, -0.05) is 0 Å². The monoisotopic (exact) mass is 201 g/mol. The van der Waals surface area contributed by atoms with Gasteiger partial charge in [0, 0.05) is 6.08 Å². The lowest BCUT2D eigenvalue weighted by Gasteiger charge is -1.96. The Kier molecular flexibility index (Phi) is 2.91. The molecule has 6 nitrogen and oxygen atoms in total. The minimum Gasteiger partial charge on any atom is -0.515 e. The van der Waals surface area contributed by atoms with Crippen LogP contribution in [0.25, 0.3) is 6.08 Å². The van der Waals surface area contributed by atoms with E-state index in [-0.39, 0.29) is 11.7 Å². The Bertz CT molecular complexity index is 347. The number of hydrogen-bond donors (Lipinski definition) is 2. The fourth-order valence-corrected chi connectivity index (χ4v) is 1.16. The predicted octanol–water partition coefficient (Wildman–Crippen LogP) is 1.21. The molecule has 1 rings (SSSR count). The molecule has 1 N–H and O–H groups in total. The topological polar surface area (TPSA) is 81.2 Å². The van der Waals surface area contributed by atoms with Crippen molar-refractivity contribution < 1.29 is 10.0 Å². The summed E-state index contributed by atoms with van der Waals surface area (Å²) in [6.07, 6.45) is 3.14. The number of imidazole rings is 1. The van der Waals surface area contributed by atoms with Gasteiger partial charge in [-0.2, -0.15) is 4.57 Å². The van der Waals surface area contributed by atoms with Gasteiger partial charge in [-0.15, -0.1) is 12.6 Å². The third-order valence-electron chi connectivity index (χ3n) is 1.42. The largest absolute Gasteiger partial charge is 0.515 e. The van der Waals surface area contributed by atoms with Gasteiger partial charge >= 0.3 is 5.82 Å². The number of hydrogen-bond acceptors (Lipinski definition) is 5. The van der Waals surface area contributed by atoms with Crippen molar-refractivity contribution in [3.63, 3.8) is 0 Å². The molecule has 0 aliphatic carbocycles. The van der Waals surface area contributed by atoms with Crippen LogP contribution in [-0.4, -0.2) is 19.6 Å². The maximum atomic E-state index is 10.4. The maximum absolute atomic E-state index is 10.4. The quantitative estimate of drug-likeness (QED) is 0.333. The average molecular weight is 201 g/mol. The first kappa shape index (κ1) is 9.59. The summed E-state index contributed by atoms with van der Waals surface area (Å²) >= 11 is 3.91. The van der Waals surface area contributed by atoms with Crippen LogP contribution in [0.15, 0.2) is 12.5 Å². The highest BCUT2D eigenvalue weighted by molar-refractivity contribution is 7.79. The van der Waals surface area contributed by atoms with Crippen molar-refractivity contribution in [1.29, 1.82) is 0 Å². The van der Waals surface area contributed by atoms with Crippen LogP contribution in [0.1, 0.15) is 5.82 Å². The summed E-state index contributed by atoms with van der Waals surface area (Å²) in [5.74, 6) is 0.281. The van der Waals surface area contributed by atoms with Crippen molar-refractivity contribution in [2.45, 2.75) is 5.88 Å². The van der Waals surface area contributed by atoms with E-state index >= 15 is 0 Å². The molecule has 0 amide bonds. The molecule has 0 unspecified atom stereocenters. The third kappa shape index (κ3) is 1.81. The average Bonchev–Trinajstić information content (AvgIpc) is 2.48. The summed E-state index contributed by atoms with van der Waals surface area (Å²) in [5.41, 5.74) is 0. The van der Waals surface area contributed by atoms with E-state index in [1.165, 1.54) is 10.6 Å². The summed E-state index contributed by atoms with van der Waals surface area (Å²) in [6.45, 7) is 0. The van der Waals surface area contributed by atoms with Crippen LogP contribution < -0.4 is 0 Å². The van der Waals surface area contributed by atoms with Crippen LogP contribution in [-0.2, 0) is 5.88 Å². The zero-order valence-electron chi connectivity index (χ0n) is 6.49. The SMILES string of the molecule is O=[N+]([O-])c1cnc(/C=C/O)n1CS. The lowest BCUT2D eigenvalue weighted by Crippen LogP contribution is -2.01. The van der Waals surface area contributed by atoms with Gasteiger partial charge in [0.15, 0.2) is 0 Å². The van der Waals surface area contributed by atoms with Crippen molar-refractivity contribution in [2.75, 3.05) is 0 Å². The molecule has 0 aromatic carbocycles. The van der Waals surface area contributed by atoms with Gasteiger partial charge in [0.05, 0.1) is 6.26 Å². The fourth-order valence-electron chi connectivity index (χ4n) is 0.871. The van der Waals surface area contributed by atoms with Crippen LogP contribution in [0.3, 0.4) is 0 Å². The number of nitro groups is 1. The second kappa shape index (κ2) is 3.94. The van der Waals surface area contributed by atoms with Gasteiger partial charge in [-0.05, 0) is 4.92 Å². The van der Waals surface area contributed by atoms with Crippen LogP contribution >= 0.6 is 12.6 Å². The van der Waals surface area contributed by atoms with E-state index in [2.05, 4.69) is 17.6 Å². The zero-order valence-corrected chi connectivity index (χ0v) is 7.39. The molecule has 0 fully saturated rings. The minimum atomic E-state index is -0.558. The zero-order chi connectivity index (χ0) is 9.84. The van der Waals surface area contributed by atoms with Gasteiger partial charge in [-0.25, -0.2) is 4.98 Å². The molecular formula is C6H7N3O3S. The smallest absolute Gasteiger partial charge is 0.343 e. The van der Waals surface area contributed by atoms with Gasteiger partial charge < -0.3 is 15.2 Å². The Morgan fingerprint density at radius 2 is 2.54 bits per heavy atom. The van der Waals surface area contributed by atoms with Gasteiger partial charge in [-0.3, -0.25) is 0 Å². The highest BCUT2D eigenvalue weighted by atomic mass is 32.1. The van der Waals surface area contributed by atoms with Crippen molar-refractivity contribution in [2.24, 2.45) is 0 Å². The van der Waals surface area contributed by atoms with E-state index in [9.17, 15) is 10.1 Å². The van der Waals surface area contributed by atoms with E-state index in [4.69, 9.17) is 5.11 Å². The molecule has 0 atom stereocenters. The lowest BCUT2D eigenvalue weighted by atomic mass is 10.6. The van der Waals surface area contributed by atoms with Crippen molar-refractivity contribution in [1.82, 2.24) is 9.55 Å². The lowest BCUT2D eigenvalue weighted by molar-refractivity contribution is -0.391. The Balaban J connectivity index is 3.17. The van der Waals surface area contributed by atoms with Crippen molar-refractivity contribution >= 4 is 24.5 Å². The van der Waals surface area contributed by atoms with Gasteiger partial charge in [0.1, 0.15) is 12.1 Å². The molecule has 1 aromatic rings. The second-order valence-electron chi connectivity index (χ2n) is 2.12. The van der Waals surface area contributed by atoms with E-state index in [1.54, 1.807) is 0 Å². The molecule has 0 bridgehead atoms. The Hall–Kier alpha value is -1.50. The van der Waals surface area contributed by atoms with Crippen LogP contribution in [0, 0.1) is 10.1 Å². The van der Waals surface area contributed by atoms with Crippen LogP contribution in [0.5, 0.6) is 0 Å². The number of aliphatic hydroxyl groups is 1. The number of thiol groups is 1. The molecule has 0 aliphatic rings. The fraction of sp³-hybridized carbons (Fsp3) is 0.167. The molecule has 13 heavy (non-hydrogen) atoms. The molecule has 0 spiro atoms.